The van der Waals surface area contributed by atoms with Gasteiger partial charge in [-0.15, -0.1) is 0 Å². The van der Waals surface area contributed by atoms with Gasteiger partial charge in [0.15, 0.2) is 0 Å². The van der Waals surface area contributed by atoms with Gasteiger partial charge in [-0.3, -0.25) is 9.59 Å². The predicted molar refractivity (Wildman–Crippen MR) is 84.6 cm³/mol. The first kappa shape index (κ1) is 17.9. The smallest absolute Gasteiger partial charge is 0.407 e. The second-order valence-corrected chi connectivity index (χ2v) is 6.45. The summed E-state index contributed by atoms with van der Waals surface area (Å²) in [5, 5.41) is 25.1. The number of ketones is 1. The van der Waals surface area contributed by atoms with Gasteiger partial charge in [-0.05, 0) is 32.4 Å². The van der Waals surface area contributed by atoms with Gasteiger partial charge >= 0.3 is 6.09 Å². The summed E-state index contributed by atoms with van der Waals surface area (Å²) in [5.74, 6) is -1.56. The van der Waals surface area contributed by atoms with Crippen molar-refractivity contribution in [1.29, 1.82) is 0 Å². The predicted octanol–water partition coefficient (Wildman–Crippen LogP) is 0.740. The van der Waals surface area contributed by atoms with E-state index in [1.54, 1.807) is 26.8 Å². The van der Waals surface area contributed by atoms with Crippen LogP contribution < -0.4 is 10.6 Å². The van der Waals surface area contributed by atoms with Crippen LogP contribution in [0.5, 0.6) is 0 Å². The molecule has 2 atom stereocenters. The van der Waals surface area contributed by atoms with Crippen molar-refractivity contribution in [2.75, 3.05) is 11.9 Å². The Morgan fingerprint density at radius 1 is 1.29 bits per heavy atom. The van der Waals surface area contributed by atoms with Crippen LogP contribution in [0.15, 0.2) is 18.2 Å². The Morgan fingerprint density at radius 2 is 1.96 bits per heavy atom. The molecule has 0 radical (unpaired) electrons. The monoisotopic (exact) mass is 336 g/mol. The van der Waals surface area contributed by atoms with Crippen LogP contribution in [-0.4, -0.2) is 46.2 Å². The van der Waals surface area contributed by atoms with Crippen LogP contribution in [0, 0.1) is 0 Å². The molecule has 1 aromatic carbocycles. The minimum atomic E-state index is -1.45. The van der Waals surface area contributed by atoms with Crippen molar-refractivity contribution in [3.05, 3.63) is 29.3 Å². The number of benzene rings is 1. The molecule has 1 heterocycles. The van der Waals surface area contributed by atoms with E-state index in [0.29, 0.717) is 0 Å². The summed E-state index contributed by atoms with van der Waals surface area (Å²) in [6.45, 7) is 4.80. The molecule has 4 N–H and O–H groups in total. The van der Waals surface area contributed by atoms with Gasteiger partial charge in [-0.2, -0.15) is 0 Å². The Balaban J connectivity index is 2.06. The molecule has 0 bridgehead atoms. The van der Waals surface area contributed by atoms with Crippen LogP contribution in [0.25, 0.3) is 0 Å². The number of nitrogens with one attached hydrogen (secondary N) is 2. The molecule has 1 aromatic rings. The Bertz CT molecular complexity index is 680. The minimum absolute atomic E-state index is 0.0336. The van der Waals surface area contributed by atoms with Crippen molar-refractivity contribution < 1.29 is 29.3 Å². The van der Waals surface area contributed by atoms with Crippen LogP contribution >= 0.6 is 0 Å². The molecule has 2 rings (SSSR count). The maximum atomic E-state index is 11.9. The SMILES string of the molecule is CC(C)(C)OC(=O)NCC(O)C(O)c1cccc2c1C(=O)C(=O)N2. The first-order valence-electron chi connectivity index (χ1n) is 7.41. The molecule has 0 aliphatic carbocycles. The second kappa shape index (κ2) is 6.58. The number of aliphatic hydroxyl groups excluding tert-OH is 2. The lowest BCUT2D eigenvalue weighted by Gasteiger charge is -2.23. The van der Waals surface area contributed by atoms with E-state index < -0.39 is 35.6 Å². The lowest BCUT2D eigenvalue weighted by atomic mass is 9.96. The van der Waals surface area contributed by atoms with E-state index in [2.05, 4.69) is 10.6 Å². The molecule has 24 heavy (non-hydrogen) atoms. The Morgan fingerprint density at radius 3 is 2.58 bits per heavy atom. The number of aliphatic hydroxyl groups is 2. The van der Waals surface area contributed by atoms with E-state index in [9.17, 15) is 24.6 Å². The van der Waals surface area contributed by atoms with Gasteiger partial charge in [0.1, 0.15) is 17.8 Å². The molecule has 0 saturated carbocycles. The summed E-state index contributed by atoms with van der Waals surface area (Å²) in [6, 6.07) is 4.52. The normalized spacial score (nSPS) is 16.2. The summed E-state index contributed by atoms with van der Waals surface area (Å²) in [7, 11) is 0. The molecule has 2 amide bonds. The van der Waals surface area contributed by atoms with Gasteiger partial charge in [0, 0.05) is 6.54 Å². The van der Waals surface area contributed by atoms with Gasteiger partial charge in [0.05, 0.1) is 11.3 Å². The van der Waals surface area contributed by atoms with Crippen LogP contribution in [0.2, 0.25) is 0 Å². The van der Waals surface area contributed by atoms with Crippen molar-refractivity contribution in [3.8, 4) is 0 Å². The molecular formula is C16H20N2O6. The standard InChI is InChI=1S/C16H20N2O6/c1-16(2,3)24-15(23)17-7-10(19)12(20)8-5-4-6-9-11(8)13(21)14(22)18-9/h4-6,10,12,19-20H,7H2,1-3H3,(H,17,23)(H,18,21,22). The number of carbonyl (C=O) groups excluding carboxylic acids is 3. The number of carbonyl (C=O) groups is 3. The van der Waals surface area contributed by atoms with Crippen molar-refractivity contribution in [3.63, 3.8) is 0 Å². The first-order chi connectivity index (χ1) is 11.1. The third kappa shape index (κ3) is 3.90. The van der Waals surface area contributed by atoms with Crippen LogP contribution in [-0.2, 0) is 9.53 Å². The highest BCUT2D eigenvalue weighted by Crippen LogP contribution is 2.31. The van der Waals surface area contributed by atoms with Crippen molar-refractivity contribution in [2.24, 2.45) is 0 Å². The average Bonchev–Trinajstić information content (AvgIpc) is 2.77. The maximum Gasteiger partial charge on any atom is 0.407 e. The largest absolute Gasteiger partial charge is 0.444 e. The highest BCUT2D eigenvalue weighted by atomic mass is 16.6. The molecule has 0 aromatic heterocycles. The minimum Gasteiger partial charge on any atom is -0.444 e. The van der Waals surface area contributed by atoms with Crippen molar-refractivity contribution >= 4 is 23.5 Å². The summed E-state index contributed by atoms with van der Waals surface area (Å²) in [5.41, 5.74) is -0.249. The number of hydrogen-bond acceptors (Lipinski definition) is 6. The molecule has 2 unspecified atom stereocenters. The molecule has 1 aliphatic rings. The van der Waals surface area contributed by atoms with Crippen molar-refractivity contribution in [1.82, 2.24) is 5.32 Å². The third-order valence-electron chi connectivity index (χ3n) is 3.32. The Labute approximate surface area is 138 Å². The van der Waals surface area contributed by atoms with Gasteiger partial charge in [-0.1, -0.05) is 12.1 Å². The number of hydrogen-bond donors (Lipinski definition) is 4. The van der Waals surface area contributed by atoms with E-state index in [4.69, 9.17) is 4.74 Å². The third-order valence-corrected chi connectivity index (χ3v) is 3.32. The van der Waals surface area contributed by atoms with Gasteiger partial charge in [0.25, 0.3) is 11.7 Å². The Kier molecular flexibility index (Phi) is 4.91. The van der Waals surface area contributed by atoms with Crippen LogP contribution in [0.1, 0.15) is 42.8 Å². The number of Topliss-reactive ketones (excluding diaryl/α,β-unsaturated/α-hetero) is 1. The average molecular weight is 336 g/mol. The highest BCUT2D eigenvalue weighted by Gasteiger charge is 2.34. The zero-order valence-electron chi connectivity index (χ0n) is 13.6. The van der Waals surface area contributed by atoms with Crippen LogP contribution in [0.3, 0.4) is 0 Å². The Hall–Kier alpha value is -2.45. The molecule has 8 nitrogen and oxygen atoms in total. The fourth-order valence-electron chi connectivity index (χ4n) is 2.29. The van der Waals surface area contributed by atoms with E-state index in [1.165, 1.54) is 12.1 Å². The van der Waals surface area contributed by atoms with E-state index in [0.717, 1.165) is 0 Å². The summed E-state index contributed by atoms with van der Waals surface area (Å²) in [4.78, 5) is 34.9. The van der Waals surface area contributed by atoms with E-state index in [1.807, 2.05) is 0 Å². The summed E-state index contributed by atoms with van der Waals surface area (Å²) >= 11 is 0. The van der Waals surface area contributed by atoms with Crippen molar-refractivity contribution in [2.45, 2.75) is 38.6 Å². The number of ether oxygens (including phenoxy) is 1. The molecule has 0 spiro atoms. The number of rotatable bonds is 4. The maximum absolute atomic E-state index is 11.9. The zero-order valence-corrected chi connectivity index (χ0v) is 13.6. The summed E-state index contributed by atoms with van der Waals surface area (Å²) in [6.07, 6.45) is -3.57. The first-order valence-corrected chi connectivity index (χ1v) is 7.41. The van der Waals surface area contributed by atoms with E-state index in [-0.39, 0.29) is 23.4 Å². The molecule has 0 fully saturated rings. The fourth-order valence-corrected chi connectivity index (χ4v) is 2.29. The summed E-state index contributed by atoms with van der Waals surface area (Å²) < 4.78 is 5.03. The lowest BCUT2D eigenvalue weighted by molar-refractivity contribution is -0.112. The topological polar surface area (TPSA) is 125 Å². The zero-order chi connectivity index (χ0) is 18.1. The molecule has 130 valence electrons. The molecule has 1 aliphatic heterocycles. The number of amides is 2. The second-order valence-electron chi connectivity index (χ2n) is 6.45. The van der Waals surface area contributed by atoms with Gasteiger partial charge in [-0.25, -0.2) is 4.79 Å². The molecular weight excluding hydrogens is 316 g/mol. The van der Waals surface area contributed by atoms with Gasteiger partial charge < -0.3 is 25.6 Å². The molecule has 0 saturated heterocycles. The number of fused-ring (bicyclic) bond motifs is 1. The quantitative estimate of drug-likeness (QED) is 0.601. The lowest BCUT2D eigenvalue weighted by Crippen LogP contribution is -2.39. The fraction of sp³-hybridized carbons (Fsp3) is 0.438. The number of alkyl carbamates (subject to hydrolysis) is 1. The van der Waals surface area contributed by atoms with Gasteiger partial charge in [0.2, 0.25) is 0 Å². The number of anilines is 1. The molecule has 8 heteroatoms. The van der Waals surface area contributed by atoms with E-state index >= 15 is 0 Å². The van der Waals surface area contributed by atoms with Crippen LogP contribution in [0.4, 0.5) is 10.5 Å². The highest BCUT2D eigenvalue weighted by molar-refractivity contribution is 6.52.